The van der Waals surface area contributed by atoms with Gasteiger partial charge in [0.05, 0.1) is 23.1 Å². The van der Waals surface area contributed by atoms with Crippen LogP contribution in [-0.2, 0) is 0 Å². The summed E-state index contributed by atoms with van der Waals surface area (Å²) in [6.07, 6.45) is 3.57. The lowest BCUT2D eigenvalue weighted by Crippen LogP contribution is -2.17. The number of primary amides is 1. The van der Waals surface area contributed by atoms with E-state index in [2.05, 4.69) is 20.3 Å². The van der Waals surface area contributed by atoms with Gasteiger partial charge in [0.1, 0.15) is 11.4 Å². The predicted octanol–water partition coefficient (Wildman–Crippen LogP) is 2.90. The quantitative estimate of drug-likeness (QED) is 0.566. The van der Waals surface area contributed by atoms with Crippen LogP contribution in [0.3, 0.4) is 0 Å². The van der Waals surface area contributed by atoms with Crippen molar-refractivity contribution in [1.82, 2.24) is 15.0 Å². The highest BCUT2D eigenvalue weighted by Gasteiger charge is 2.16. The highest BCUT2D eigenvalue weighted by molar-refractivity contribution is 7.98. The lowest BCUT2D eigenvalue weighted by Gasteiger charge is -2.12. The van der Waals surface area contributed by atoms with Crippen LogP contribution < -0.4 is 11.1 Å². The molecule has 3 N–H and O–H groups in total. The second-order valence-corrected chi connectivity index (χ2v) is 5.70. The van der Waals surface area contributed by atoms with E-state index in [1.165, 1.54) is 11.8 Å². The number of fused-ring (bicyclic) bond motifs is 1. The first-order chi connectivity index (χ1) is 11.1. The van der Waals surface area contributed by atoms with Gasteiger partial charge in [-0.1, -0.05) is 30.0 Å². The minimum absolute atomic E-state index is 0.288. The van der Waals surface area contributed by atoms with E-state index in [0.717, 1.165) is 16.6 Å². The molecule has 6 nitrogen and oxygen atoms in total. The summed E-state index contributed by atoms with van der Waals surface area (Å²) in [5.74, 6) is -0.169. The molecule has 0 radical (unpaired) electrons. The van der Waals surface area contributed by atoms with Crippen LogP contribution in [0.4, 0.5) is 11.5 Å². The van der Waals surface area contributed by atoms with Gasteiger partial charge in [0, 0.05) is 5.39 Å². The molecule has 3 aromatic rings. The SMILES string of the molecule is CSc1nc(C)c(C(N)=O)c(Nc2cnc3ccccc3c2)n1. The van der Waals surface area contributed by atoms with Crippen molar-refractivity contribution in [3.8, 4) is 0 Å². The molecule has 0 saturated heterocycles. The van der Waals surface area contributed by atoms with Crippen LogP contribution in [0, 0.1) is 6.92 Å². The molecule has 0 spiro atoms. The second kappa shape index (κ2) is 6.21. The number of rotatable bonds is 4. The standard InChI is InChI=1S/C16H15N5OS/c1-9-13(14(17)22)15(21-16(19-9)23-2)20-11-7-10-5-3-4-6-12(10)18-8-11/h3-8H,1-2H3,(H2,17,22)(H,19,20,21). The topological polar surface area (TPSA) is 93.8 Å². The molecule has 7 heteroatoms. The Labute approximate surface area is 137 Å². The maximum Gasteiger partial charge on any atom is 0.254 e. The van der Waals surface area contributed by atoms with Gasteiger partial charge in [0.15, 0.2) is 5.16 Å². The van der Waals surface area contributed by atoms with Gasteiger partial charge in [0.25, 0.3) is 5.91 Å². The summed E-state index contributed by atoms with van der Waals surface area (Å²) < 4.78 is 0. The van der Waals surface area contributed by atoms with Gasteiger partial charge in [0.2, 0.25) is 0 Å². The Hall–Kier alpha value is -2.67. The Morgan fingerprint density at radius 1 is 1.26 bits per heavy atom. The van der Waals surface area contributed by atoms with Crippen molar-refractivity contribution in [1.29, 1.82) is 0 Å². The molecule has 1 amide bonds. The lowest BCUT2D eigenvalue weighted by atomic mass is 10.2. The Balaban J connectivity index is 2.06. The number of aryl methyl sites for hydroxylation is 1. The summed E-state index contributed by atoms with van der Waals surface area (Å²) in [6, 6.07) is 9.74. The average molecular weight is 325 g/mol. The van der Waals surface area contributed by atoms with E-state index in [0.29, 0.717) is 16.7 Å². The summed E-state index contributed by atoms with van der Waals surface area (Å²) in [4.78, 5) is 24.7. The fourth-order valence-electron chi connectivity index (χ4n) is 2.30. The number of pyridine rings is 1. The van der Waals surface area contributed by atoms with Crippen LogP contribution in [0.15, 0.2) is 41.7 Å². The molecule has 1 aromatic carbocycles. The monoisotopic (exact) mass is 325 g/mol. The number of thioether (sulfide) groups is 1. The van der Waals surface area contributed by atoms with E-state index in [1.54, 1.807) is 13.1 Å². The molecule has 0 aliphatic heterocycles. The number of benzene rings is 1. The smallest absolute Gasteiger partial charge is 0.254 e. The zero-order valence-electron chi connectivity index (χ0n) is 12.7. The Kier molecular flexibility index (Phi) is 4.12. The molecule has 2 aromatic heterocycles. The summed E-state index contributed by atoms with van der Waals surface area (Å²) in [6.45, 7) is 1.74. The first kappa shape index (κ1) is 15.2. The van der Waals surface area contributed by atoms with Gasteiger partial charge in [-0.05, 0) is 25.3 Å². The molecular weight excluding hydrogens is 310 g/mol. The van der Waals surface area contributed by atoms with Crippen molar-refractivity contribution >= 4 is 40.1 Å². The molecule has 0 fully saturated rings. The van der Waals surface area contributed by atoms with Gasteiger partial charge < -0.3 is 11.1 Å². The van der Waals surface area contributed by atoms with Crippen molar-refractivity contribution in [2.24, 2.45) is 5.73 Å². The first-order valence-corrected chi connectivity index (χ1v) is 8.15. The molecule has 23 heavy (non-hydrogen) atoms. The molecule has 3 rings (SSSR count). The predicted molar refractivity (Wildman–Crippen MR) is 92.1 cm³/mol. The molecule has 116 valence electrons. The van der Waals surface area contributed by atoms with Gasteiger partial charge in [-0.25, -0.2) is 9.97 Å². The van der Waals surface area contributed by atoms with Crippen molar-refractivity contribution < 1.29 is 4.79 Å². The largest absolute Gasteiger partial charge is 0.365 e. The third-order valence-corrected chi connectivity index (χ3v) is 3.90. The fraction of sp³-hybridized carbons (Fsp3) is 0.125. The zero-order chi connectivity index (χ0) is 16.4. The molecule has 0 unspecified atom stereocenters. The summed E-state index contributed by atoms with van der Waals surface area (Å²) in [7, 11) is 0. The first-order valence-electron chi connectivity index (χ1n) is 6.92. The molecule has 2 heterocycles. The molecule has 0 bridgehead atoms. The summed E-state index contributed by atoms with van der Waals surface area (Å²) >= 11 is 1.40. The fourth-order valence-corrected chi connectivity index (χ4v) is 2.71. The van der Waals surface area contributed by atoms with Crippen LogP contribution in [0.5, 0.6) is 0 Å². The van der Waals surface area contributed by atoms with E-state index >= 15 is 0 Å². The number of aromatic nitrogens is 3. The number of hydrogen-bond acceptors (Lipinski definition) is 6. The van der Waals surface area contributed by atoms with Gasteiger partial charge in [-0.3, -0.25) is 9.78 Å². The van der Waals surface area contributed by atoms with E-state index < -0.39 is 5.91 Å². The Bertz CT molecular complexity index is 897. The third-order valence-electron chi connectivity index (χ3n) is 3.35. The van der Waals surface area contributed by atoms with Crippen molar-refractivity contribution in [3.63, 3.8) is 0 Å². The number of carbonyl (C=O) groups excluding carboxylic acids is 1. The van der Waals surface area contributed by atoms with Crippen LogP contribution in [0.1, 0.15) is 16.1 Å². The van der Waals surface area contributed by atoms with Crippen LogP contribution in [0.2, 0.25) is 0 Å². The van der Waals surface area contributed by atoms with Gasteiger partial charge in [-0.15, -0.1) is 0 Å². The van der Waals surface area contributed by atoms with E-state index in [-0.39, 0.29) is 5.56 Å². The molecular formula is C16H15N5OS. The minimum Gasteiger partial charge on any atom is -0.365 e. The lowest BCUT2D eigenvalue weighted by molar-refractivity contribution is 0.0999. The van der Waals surface area contributed by atoms with Crippen molar-refractivity contribution in [3.05, 3.63) is 47.8 Å². The third kappa shape index (κ3) is 3.09. The number of para-hydroxylation sites is 1. The summed E-state index contributed by atoms with van der Waals surface area (Å²) in [5.41, 5.74) is 7.94. The number of carbonyl (C=O) groups is 1. The maximum atomic E-state index is 11.7. The van der Waals surface area contributed by atoms with Crippen molar-refractivity contribution in [2.75, 3.05) is 11.6 Å². The molecule has 0 atom stereocenters. The van der Waals surface area contributed by atoms with Gasteiger partial charge in [-0.2, -0.15) is 0 Å². The van der Waals surface area contributed by atoms with Crippen molar-refractivity contribution in [2.45, 2.75) is 12.1 Å². The number of nitrogens with zero attached hydrogens (tertiary/aromatic N) is 3. The number of hydrogen-bond donors (Lipinski definition) is 2. The van der Waals surface area contributed by atoms with E-state index in [9.17, 15) is 4.79 Å². The highest BCUT2D eigenvalue weighted by atomic mass is 32.2. The van der Waals surface area contributed by atoms with Crippen LogP contribution >= 0.6 is 11.8 Å². The van der Waals surface area contributed by atoms with Crippen LogP contribution in [0.25, 0.3) is 10.9 Å². The van der Waals surface area contributed by atoms with E-state index in [1.807, 2.05) is 36.6 Å². The number of nitrogens with two attached hydrogens (primary N) is 1. The maximum absolute atomic E-state index is 11.7. The molecule has 0 aliphatic rings. The average Bonchev–Trinajstić information content (AvgIpc) is 2.53. The summed E-state index contributed by atoms with van der Waals surface area (Å²) in [5, 5.41) is 4.70. The number of amides is 1. The normalized spacial score (nSPS) is 10.7. The molecule has 0 aliphatic carbocycles. The zero-order valence-corrected chi connectivity index (χ0v) is 13.5. The van der Waals surface area contributed by atoms with E-state index in [4.69, 9.17) is 5.73 Å². The minimum atomic E-state index is -0.564. The number of nitrogens with one attached hydrogen (secondary N) is 1. The van der Waals surface area contributed by atoms with Crippen LogP contribution in [-0.4, -0.2) is 27.1 Å². The highest BCUT2D eigenvalue weighted by Crippen LogP contribution is 2.25. The van der Waals surface area contributed by atoms with Gasteiger partial charge >= 0.3 is 0 Å². The second-order valence-electron chi connectivity index (χ2n) is 4.93. The molecule has 0 saturated carbocycles. The Morgan fingerprint density at radius 3 is 2.78 bits per heavy atom. The Morgan fingerprint density at radius 2 is 2.04 bits per heavy atom. The number of anilines is 2.